The van der Waals surface area contributed by atoms with Gasteiger partial charge in [-0.25, -0.2) is 0 Å². The Morgan fingerprint density at radius 3 is 2.28 bits per heavy atom. The highest BCUT2D eigenvalue weighted by Gasteiger charge is 2.72. The van der Waals surface area contributed by atoms with E-state index in [2.05, 4.69) is 10.6 Å². The summed E-state index contributed by atoms with van der Waals surface area (Å²) in [6.45, 7) is 1.72. The Morgan fingerprint density at radius 2 is 1.62 bits per heavy atom. The lowest BCUT2D eigenvalue weighted by atomic mass is 9.39. The fourth-order valence-electron chi connectivity index (χ4n) is 4.30. The molecule has 3 N–H and O–H groups in total. The van der Waals surface area contributed by atoms with E-state index in [1.54, 1.807) is 36.4 Å². The maximum Gasteiger partial charge on any atom is 0.258 e. The highest BCUT2D eigenvalue weighted by Crippen LogP contribution is 2.67. The summed E-state index contributed by atoms with van der Waals surface area (Å²) in [6.07, 6.45) is 1.67. The van der Waals surface area contributed by atoms with Crippen LogP contribution < -0.4 is 20.1 Å². The zero-order valence-electron chi connectivity index (χ0n) is 17.5. The second-order valence-corrected chi connectivity index (χ2v) is 9.36. The van der Waals surface area contributed by atoms with E-state index in [-0.39, 0.29) is 36.4 Å². The van der Waals surface area contributed by atoms with Crippen molar-refractivity contribution >= 4 is 40.9 Å². The third-order valence-electron chi connectivity index (χ3n) is 5.89. The van der Waals surface area contributed by atoms with Gasteiger partial charge < -0.3 is 20.1 Å². The standard InChI is InChI=1S/C23H23Cl2N3O4/c1-14-2-5-17(8-18(14)25)31-9-19(26)27-21(30)22-11-23(12-22,13-22)28-20(29)10-32-16-6-3-15(24)4-7-16/h2-8H,9-13H2,1H3,(H,28,29)(H2,26,27,30). The van der Waals surface area contributed by atoms with Crippen LogP contribution in [-0.4, -0.2) is 36.4 Å². The van der Waals surface area contributed by atoms with Crippen LogP contribution in [0.2, 0.25) is 10.0 Å². The highest BCUT2D eigenvalue weighted by atomic mass is 35.5. The second-order valence-electron chi connectivity index (χ2n) is 8.51. The van der Waals surface area contributed by atoms with Gasteiger partial charge in [0.05, 0.1) is 5.41 Å². The summed E-state index contributed by atoms with van der Waals surface area (Å²) in [5.74, 6) is 0.637. The molecule has 5 rings (SSSR count). The van der Waals surface area contributed by atoms with Crippen molar-refractivity contribution in [3.8, 4) is 11.5 Å². The van der Waals surface area contributed by atoms with E-state index in [4.69, 9.17) is 38.1 Å². The van der Waals surface area contributed by atoms with Crippen LogP contribution in [0, 0.1) is 17.7 Å². The Labute approximate surface area is 195 Å². The quantitative estimate of drug-likeness (QED) is 0.398. The minimum absolute atomic E-state index is 0.0223. The zero-order chi connectivity index (χ0) is 22.9. The summed E-state index contributed by atoms with van der Waals surface area (Å²) in [4.78, 5) is 24.8. The Morgan fingerprint density at radius 1 is 1.00 bits per heavy atom. The van der Waals surface area contributed by atoms with Crippen molar-refractivity contribution in [2.24, 2.45) is 5.41 Å². The SMILES string of the molecule is Cc1ccc(OCC(=N)NC(=O)C23CC(NC(=O)COc4ccc(Cl)cc4)(C2)C3)cc1Cl. The fourth-order valence-corrected chi connectivity index (χ4v) is 4.59. The number of carbonyl (C=O) groups is 2. The average Bonchev–Trinajstić information content (AvgIpc) is 2.70. The predicted molar refractivity (Wildman–Crippen MR) is 122 cm³/mol. The smallest absolute Gasteiger partial charge is 0.258 e. The topological polar surface area (TPSA) is 101 Å². The lowest BCUT2D eigenvalue weighted by Gasteiger charge is -2.69. The van der Waals surface area contributed by atoms with Gasteiger partial charge in [0.1, 0.15) is 23.9 Å². The molecule has 2 aromatic carbocycles. The van der Waals surface area contributed by atoms with E-state index >= 15 is 0 Å². The van der Waals surface area contributed by atoms with Crippen molar-refractivity contribution in [3.05, 3.63) is 58.1 Å². The number of amides is 2. The summed E-state index contributed by atoms with van der Waals surface area (Å²) >= 11 is 11.9. The molecule has 2 aromatic rings. The van der Waals surface area contributed by atoms with E-state index in [9.17, 15) is 9.59 Å². The number of carbonyl (C=O) groups excluding carboxylic acids is 2. The Hall–Kier alpha value is -2.77. The van der Waals surface area contributed by atoms with Crippen LogP contribution in [0.3, 0.4) is 0 Å². The average molecular weight is 476 g/mol. The van der Waals surface area contributed by atoms with E-state index in [1.807, 2.05) is 13.0 Å². The van der Waals surface area contributed by atoms with Crippen LogP contribution in [0.1, 0.15) is 24.8 Å². The molecule has 0 spiro atoms. The normalized spacial score (nSPS) is 22.7. The third-order valence-corrected chi connectivity index (χ3v) is 6.55. The molecule has 0 aromatic heterocycles. The number of hydrogen-bond donors (Lipinski definition) is 3. The van der Waals surface area contributed by atoms with Gasteiger partial charge in [0.25, 0.3) is 5.91 Å². The van der Waals surface area contributed by atoms with Gasteiger partial charge >= 0.3 is 0 Å². The molecular weight excluding hydrogens is 453 g/mol. The van der Waals surface area contributed by atoms with Crippen molar-refractivity contribution < 1.29 is 19.1 Å². The summed E-state index contributed by atoms with van der Waals surface area (Å²) < 4.78 is 11.0. The van der Waals surface area contributed by atoms with Gasteiger partial charge in [0.2, 0.25) is 5.91 Å². The van der Waals surface area contributed by atoms with Gasteiger partial charge in [0.15, 0.2) is 6.61 Å². The maximum atomic E-state index is 12.6. The minimum atomic E-state index is -0.524. The molecule has 0 heterocycles. The number of aryl methyl sites for hydroxylation is 1. The molecule has 0 saturated heterocycles. The van der Waals surface area contributed by atoms with Crippen molar-refractivity contribution in [1.29, 1.82) is 5.41 Å². The molecule has 3 saturated carbocycles. The molecule has 0 aliphatic heterocycles. The van der Waals surface area contributed by atoms with E-state index in [1.165, 1.54) is 0 Å². The number of ether oxygens (including phenoxy) is 2. The summed E-state index contributed by atoms with van der Waals surface area (Å²) in [7, 11) is 0. The first-order chi connectivity index (χ1) is 15.2. The van der Waals surface area contributed by atoms with Gasteiger partial charge in [-0.15, -0.1) is 0 Å². The number of halogens is 2. The molecule has 3 aliphatic carbocycles. The molecule has 0 unspecified atom stereocenters. The fraction of sp³-hybridized carbons (Fsp3) is 0.348. The summed E-state index contributed by atoms with van der Waals surface area (Å²) in [6, 6.07) is 12.0. The molecule has 2 bridgehead atoms. The predicted octanol–water partition coefficient (Wildman–Crippen LogP) is 3.89. The van der Waals surface area contributed by atoms with Crippen molar-refractivity contribution in [3.63, 3.8) is 0 Å². The van der Waals surface area contributed by atoms with Gasteiger partial charge in [-0.3, -0.25) is 15.0 Å². The Balaban J connectivity index is 1.18. The monoisotopic (exact) mass is 475 g/mol. The first-order valence-corrected chi connectivity index (χ1v) is 10.9. The van der Waals surface area contributed by atoms with Gasteiger partial charge in [0, 0.05) is 15.6 Å². The first kappa shape index (κ1) is 22.4. The van der Waals surface area contributed by atoms with Crippen LogP contribution in [0.15, 0.2) is 42.5 Å². The molecule has 3 fully saturated rings. The molecule has 0 atom stereocenters. The van der Waals surface area contributed by atoms with Crippen LogP contribution in [-0.2, 0) is 9.59 Å². The van der Waals surface area contributed by atoms with Gasteiger partial charge in [-0.2, -0.15) is 0 Å². The number of nitrogens with one attached hydrogen (secondary N) is 3. The third kappa shape index (κ3) is 4.69. The molecule has 168 valence electrons. The number of benzene rings is 2. The summed E-state index contributed by atoms with van der Waals surface area (Å²) in [5.41, 5.74) is 0.0578. The van der Waals surface area contributed by atoms with Crippen LogP contribution in [0.25, 0.3) is 0 Å². The van der Waals surface area contributed by atoms with Crippen LogP contribution in [0.4, 0.5) is 0 Å². The second kappa shape index (κ2) is 8.64. The van der Waals surface area contributed by atoms with Gasteiger partial charge in [-0.05, 0) is 68.1 Å². The lowest BCUT2D eigenvalue weighted by Crippen LogP contribution is -2.78. The van der Waals surface area contributed by atoms with Crippen LogP contribution >= 0.6 is 23.2 Å². The largest absolute Gasteiger partial charge is 0.486 e. The van der Waals surface area contributed by atoms with Crippen molar-refractivity contribution in [1.82, 2.24) is 10.6 Å². The Kier molecular flexibility index (Phi) is 6.05. The molecule has 2 amide bonds. The van der Waals surface area contributed by atoms with Crippen molar-refractivity contribution in [2.45, 2.75) is 31.7 Å². The minimum Gasteiger partial charge on any atom is -0.486 e. The maximum absolute atomic E-state index is 12.6. The highest BCUT2D eigenvalue weighted by molar-refractivity contribution is 6.31. The van der Waals surface area contributed by atoms with Gasteiger partial charge in [-0.1, -0.05) is 29.3 Å². The van der Waals surface area contributed by atoms with E-state index in [0.717, 1.165) is 5.56 Å². The molecule has 0 radical (unpaired) electrons. The molecule has 3 aliphatic rings. The molecule has 32 heavy (non-hydrogen) atoms. The molecule has 7 nitrogen and oxygen atoms in total. The molecule has 9 heteroatoms. The number of rotatable bonds is 8. The Bertz CT molecular complexity index is 1050. The first-order valence-electron chi connectivity index (χ1n) is 10.2. The zero-order valence-corrected chi connectivity index (χ0v) is 19.0. The summed E-state index contributed by atoms with van der Waals surface area (Å²) in [5, 5.41) is 14.8. The van der Waals surface area contributed by atoms with Crippen LogP contribution in [0.5, 0.6) is 11.5 Å². The van der Waals surface area contributed by atoms with E-state index < -0.39 is 5.41 Å². The number of hydrogen-bond acceptors (Lipinski definition) is 5. The number of amidine groups is 1. The lowest BCUT2D eigenvalue weighted by molar-refractivity contribution is -0.182. The van der Waals surface area contributed by atoms with Crippen molar-refractivity contribution in [2.75, 3.05) is 13.2 Å². The molecular formula is C23H23Cl2N3O4. The van der Waals surface area contributed by atoms with E-state index in [0.29, 0.717) is 40.8 Å².